The van der Waals surface area contributed by atoms with Crippen LogP contribution in [0.2, 0.25) is 0 Å². The molecule has 0 radical (unpaired) electrons. The Balaban J connectivity index is 3.02. The fourth-order valence-electron chi connectivity index (χ4n) is 2.25. The van der Waals surface area contributed by atoms with Gasteiger partial charge in [-0.25, -0.2) is 0 Å². The second-order valence-corrected chi connectivity index (χ2v) is 4.83. The van der Waals surface area contributed by atoms with Gasteiger partial charge in [-0.1, -0.05) is 25.8 Å². The van der Waals surface area contributed by atoms with Crippen LogP contribution in [0.4, 0.5) is 0 Å². The molecule has 0 aliphatic heterocycles. The highest BCUT2D eigenvalue weighted by molar-refractivity contribution is 5.73. The standard InChI is InChI=1S/C16H24O5/c1-5-6-7-12(16(18)21-4)15(17)11-8-9-13(19-2)14(10-11)20-3/h8-10,12,15,17H,5-7H2,1-4H3. The van der Waals surface area contributed by atoms with Gasteiger partial charge in [0.05, 0.1) is 33.4 Å². The van der Waals surface area contributed by atoms with Crippen LogP contribution in [0.5, 0.6) is 11.5 Å². The molecule has 0 saturated heterocycles. The quantitative estimate of drug-likeness (QED) is 0.747. The largest absolute Gasteiger partial charge is 0.493 e. The molecule has 1 aromatic rings. The second kappa shape index (κ2) is 8.52. The summed E-state index contributed by atoms with van der Waals surface area (Å²) in [6.07, 6.45) is 1.46. The average Bonchev–Trinajstić information content (AvgIpc) is 2.53. The maximum absolute atomic E-state index is 11.9. The second-order valence-electron chi connectivity index (χ2n) is 4.83. The zero-order valence-corrected chi connectivity index (χ0v) is 13.1. The zero-order valence-electron chi connectivity index (χ0n) is 13.1. The number of hydrogen-bond acceptors (Lipinski definition) is 5. The van der Waals surface area contributed by atoms with Crippen LogP contribution in [0, 0.1) is 5.92 Å². The van der Waals surface area contributed by atoms with Crippen LogP contribution in [0.15, 0.2) is 18.2 Å². The van der Waals surface area contributed by atoms with Gasteiger partial charge in [-0.3, -0.25) is 4.79 Å². The van der Waals surface area contributed by atoms with E-state index in [-0.39, 0.29) is 0 Å². The first-order chi connectivity index (χ1) is 10.1. The van der Waals surface area contributed by atoms with Crippen molar-refractivity contribution in [1.82, 2.24) is 0 Å². The molecule has 1 rings (SSSR count). The van der Waals surface area contributed by atoms with Crippen molar-refractivity contribution in [2.75, 3.05) is 21.3 Å². The normalized spacial score (nSPS) is 13.4. The summed E-state index contributed by atoms with van der Waals surface area (Å²) in [5.74, 6) is 0.128. The predicted octanol–water partition coefficient (Wildman–Crippen LogP) is 2.72. The smallest absolute Gasteiger partial charge is 0.311 e. The molecule has 0 amide bonds. The zero-order chi connectivity index (χ0) is 15.8. The third kappa shape index (κ3) is 4.36. The highest BCUT2D eigenvalue weighted by atomic mass is 16.5. The van der Waals surface area contributed by atoms with Crippen molar-refractivity contribution in [3.05, 3.63) is 23.8 Å². The number of ether oxygens (including phenoxy) is 3. The Bertz CT molecular complexity index is 458. The van der Waals surface area contributed by atoms with E-state index in [0.29, 0.717) is 23.5 Å². The van der Waals surface area contributed by atoms with Crippen LogP contribution in [0.3, 0.4) is 0 Å². The summed E-state index contributed by atoms with van der Waals surface area (Å²) < 4.78 is 15.2. The molecule has 0 aliphatic carbocycles. The van der Waals surface area contributed by atoms with Crippen molar-refractivity contribution in [3.63, 3.8) is 0 Å². The third-order valence-corrected chi connectivity index (χ3v) is 3.50. The maximum atomic E-state index is 11.9. The van der Waals surface area contributed by atoms with E-state index in [9.17, 15) is 9.90 Å². The summed E-state index contributed by atoms with van der Waals surface area (Å²) in [5, 5.41) is 10.5. The van der Waals surface area contributed by atoms with Gasteiger partial charge in [0.25, 0.3) is 0 Å². The molecule has 1 N–H and O–H groups in total. The van der Waals surface area contributed by atoms with E-state index in [2.05, 4.69) is 0 Å². The average molecular weight is 296 g/mol. The molecule has 1 aromatic carbocycles. The molecular weight excluding hydrogens is 272 g/mol. The fourth-order valence-corrected chi connectivity index (χ4v) is 2.25. The minimum atomic E-state index is -0.927. The van der Waals surface area contributed by atoms with Gasteiger partial charge in [0.15, 0.2) is 11.5 Å². The Morgan fingerprint density at radius 1 is 1.19 bits per heavy atom. The summed E-state index contributed by atoms with van der Waals surface area (Å²) in [4.78, 5) is 11.9. The highest BCUT2D eigenvalue weighted by Gasteiger charge is 2.29. The molecule has 2 atom stereocenters. The Morgan fingerprint density at radius 2 is 1.86 bits per heavy atom. The third-order valence-electron chi connectivity index (χ3n) is 3.50. The van der Waals surface area contributed by atoms with Crippen LogP contribution < -0.4 is 9.47 Å². The minimum absolute atomic E-state index is 0.397. The first-order valence-electron chi connectivity index (χ1n) is 7.06. The molecule has 0 spiro atoms. The molecule has 5 heteroatoms. The van der Waals surface area contributed by atoms with Gasteiger partial charge in [0.1, 0.15) is 0 Å². The highest BCUT2D eigenvalue weighted by Crippen LogP contribution is 2.34. The number of aliphatic hydroxyl groups excluding tert-OH is 1. The van der Waals surface area contributed by atoms with Crippen LogP contribution in [0.25, 0.3) is 0 Å². The monoisotopic (exact) mass is 296 g/mol. The van der Waals surface area contributed by atoms with E-state index >= 15 is 0 Å². The minimum Gasteiger partial charge on any atom is -0.493 e. The molecular formula is C16H24O5. The number of esters is 1. The topological polar surface area (TPSA) is 65.0 Å². The van der Waals surface area contributed by atoms with Crippen molar-refractivity contribution in [2.24, 2.45) is 5.92 Å². The Hall–Kier alpha value is -1.75. The molecule has 0 aromatic heterocycles. The van der Waals surface area contributed by atoms with E-state index in [4.69, 9.17) is 14.2 Å². The lowest BCUT2D eigenvalue weighted by Crippen LogP contribution is -2.23. The van der Waals surface area contributed by atoms with E-state index in [1.807, 2.05) is 6.92 Å². The van der Waals surface area contributed by atoms with Crippen LogP contribution in [-0.2, 0) is 9.53 Å². The van der Waals surface area contributed by atoms with Crippen molar-refractivity contribution >= 4 is 5.97 Å². The molecule has 2 unspecified atom stereocenters. The predicted molar refractivity (Wildman–Crippen MR) is 79.5 cm³/mol. The Labute approximate surface area is 125 Å². The fraction of sp³-hybridized carbons (Fsp3) is 0.562. The van der Waals surface area contributed by atoms with Crippen LogP contribution in [-0.4, -0.2) is 32.4 Å². The van der Waals surface area contributed by atoms with Gasteiger partial charge in [0.2, 0.25) is 0 Å². The van der Waals surface area contributed by atoms with E-state index < -0.39 is 18.0 Å². The number of carbonyl (C=O) groups excluding carboxylic acids is 1. The number of benzene rings is 1. The number of aliphatic hydroxyl groups is 1. The van der Waals surface area contributed by atoms with E-state index in [1.165, 1.54) is 14.2 Å². The molecule has 0 bridgehead atoms. The van der Waals surface area contributed by atoms with Gasteiger partial charge in [-0.15, -0.1) is 0 Å². The summed E-state index contributed by atoms with van der Waals surface area (Å²) in [7, 11) is 4.41. The van der Waals surface area contributed by atoms with Gasteiger partial charge in [0, 0.05) is 0 Å². The number of unbranched alkanes of at least 4 members (excludes halogenated alkanes) is 1. The number of methoxy groups -OCH3 is 3. The summed E-state index contributed by atoms with van der Waals surface area (Å²) in [6, 6.07) is 5.13. The summed E-state index contributed by atoms with van der Waals surface area (Å²) in [6.45, 7) is 2.04. The number of hydrogen-bond donors (Lipinski definition) is 1. The molecule has 0 saturated carbocycles. The van der Waals surface area contributed by atoms with E-state index in [0.717, 1.165) is 12.8 Å². The molecule has 0 fully saturated rings. The molecule has 118 valence electrons. The van der Waals surface area contributed by atoms with Gasteiger partial charge in [-0.2, -0.15) is 0 Å². The SMILES string of the molecule is CCCCC(C(=O)OC)C(O)c1ccc(OC)c(OC)c1. The first kappa shape index (κ1) is 17.3. The Kier molecular flexibility index (Phi) is 7.02. The molecule has 0 aliphatic rings. The van der Waals surface area contributed by atoms with Crippen molar-refractivity contribution in [1.29, 1.82) is 0 Å². The number of carbonyl (C=O) groups is 1. The van der Waals surface area contributed by atoms with E-state index in [1.54, 1.807) is 25.3 Å². The number of rotatable bonds is 8. The lowest BCUT2D eigenvalue weighted by atomic mass is 9.91. The molecule has 0 heterocycles. The van der Waals surface area contributed by atoms with Crippen molar-refractivity contribution < 1.29 is 24.1 Å². The van der Waals surface area contributed by atoms with Gasteiger partial charge < -0.3 is 19.3 Å². The molecule has 5 nitrogen and oxygen atoms in total. The van der Waals surface area contributed by atoms with Crippen molar-refractivity contribution in [3.8, 4) is 11.5 Å². The Morgan fingerprint density at radius 3 is 2.38 bits per heavy atom. The molecule has 21 heavy (non-hydrogen) atoms. The van der Waals surface area contributed by atoms with Gasteiger partial charge >= 0.3 is 5.97 Å². The summed E-state index contributed by atoms with van der Waals surface area (Å²) >= 11 is 0. The van der Waals surface area contributed by atoms with Crippen LogP contribution in [0.1, 0.15) is 37.9 Å². The summed E-state index contributed by atoms with van der Waals surface area (Å²) in [5.41, 5.74) is 0.610. The lowest BCUT2D eigenvalue weighted by Gasteiger charge is -2.21. The van der Waals surface area contributed by atoms with Crippen molar-refractivity contribution in [2.45, 2.75) is 32.3 Å². The van der Waals surface area contributed by atoms with Gasteiger partial charge in [-0.05, 0) is 24.1 Å². The first-order valence-corrected chi connectivity index (χ1v) is 7.06. The van der Waals surface area contributed by atoms with Crippen LogP contribution >= 0.6 is 0 Å². The lowest BCUT2D eigenvalue weighted by molar-refractivity contribution is -0.150. The maximum Gasteiger partial charge on any atom is 0.311 e.